The molecule has 3 heterocycles. The molecule has 0 unspecified atom stereocenters. The largest absolute Gasteiger partial charge is 0.408 e. The van der Waals surface area contributed by atoms with Crippen LogP contribution in [-0.2, 0) is 16.1 Å². The summed E-state index contributed by atoms with van der Waals surface area (Å²) in [4.78, 5) is 31.5. The third kappa shape index (κ3) is 3.72. The van der Waals surface area contributed by atoms with Crippen LogP contribution in [0.15, 0.2) is 4.79 Å². The van der Waals surface area contributed by atoms with E-state index in [1.54, 1.807) is 6.92 Å². The molecule has 1 aromatic rings. The standard InChI is InChI=1S/C18H22F4N4O3/c1-10-9-29-7-6-24(10)15-14(19)16(28)25-5-4-13(18(20,21)22)26(17(25)23-15)8-12(27)11-2-3-11/h10-11,13H,2-9H2,1H3/t10-,13+/m1/s1. The van der Waals surface area contributed by atoms with Gasteiger partial charge in [-0.1, -0.05) is 0 Å². The molecule has 0 bridgehead atoms. The number of anilines is 2. The highest BCUT2D eigenvalue weighted by atomic mass is 19.4. The molecule has 2 atom stereocenters. The van der Waals surface area contributed by atoms with E-state index in [9.17, 15) is 27.2 Å². The third-order valence-electron chi connectivity index (χ3n) is 5.71. The second kappa shape index (κ2) is 7.26. The summed E-state index contributed by atoms with van der Waals surface area (Å²) in [6.07, 6.45) is -3.73. The van der Waals surface area contributed by atoms with Gasteiger partial charge in [0, 0.05) is 19.0 Å². The fourth-order valence-corrected chi connectivity index (χ4v) is 3.93. The quantitative estimate of drug-likeness (QED) is 0.694. The van der Waals surface area contributed by atoms with E-state index in [1.807, 2.05) is 0 Å². The lowest BCUT2D eigenvalue weighted by Crippen LogP contribution is -2.55. The van der Waals surface area contributed by atoms with Crippen molar-refractivity contribution in [1.29, 1.82) is 0 Å². The Morgan fingerprint density at radius 2 is 1.97 bits per heavy atom. The molecule has 2 aliphatic heterocycles. The summed E-state index contributed by atoms with van der Waals surface area (Å²) in [6.45, 7) is 1.79. The van der Waals surface area contributed by atoms with Crippen molar-refractivity contribution in [2.45, 2.75) is 51.0 Å². The van der Waals surface area contributed by atoms with Gasteiger partial charge in [0.2, 0.25) is 11.8 Å². The average Bonchev–Trinajstić information content (AvgIpc) is 3.50. The van der Waals surface area contributed by atoms with Gasteiger partial charge in [-0.3, -0.25) is 14.2 Å². The second-order valence-electron chi connectivity index (χ2n) is 7.84. The lowest BCUT2D eigenvalue weighted by Gasteiger charge is -2.40. The van der Waals surface area contributed by atoms with Gasteiger partial charge in [-0.15, -0.1) is 0 Å². The van der Waals surface area contributed by atoms with Gasteiger partial charge < -0.3 is 14.5 Å². The van der Waals surface area contributed by atoms with Crippen molar-refractivity contribution in [2.75, 3.05) is 36.1 Å². The van der Waals surface area contributed by atoms with Crippen LogP contribution in [0.1, 0.15) is 26.2 Å². The number of nitrogens with zero attached hydrogens (tertiary/aromatic N) is 4. The molecule has 0 aromatic carbocycles. The number of rotatable bonds is 4. The van der Waals surface area contributed by atoms with E-state index in [2.05, 4.69) is 4.98 Å². The van der Waals surface area contributed by atoms with Crippen molar-refractivity contribution in [1.82, 2.24) is 9.55 Å². The summed E-state index contributed by atoms with van der Waals surface area (Å²) < 4.78 is 62.1. The van der Waals surface area contributed by atoms with Crippen molar-refractivity contribution in [3.8, 4) is 0 Å². The zero-order valence-corrected chi connectivity index (χ0v) is 15.9. The SMILES string of the molecule is C[C@@H]1COCCN1c1nc2n(c(=O)c1F)CC[C@@H](C(F)(F)F)N2CC(=O)C1CC1. The predicted octanol–water partition coefficient (Wildman–Crippen LogP) is 1.73. The van der Waals surface area contributed by atoms with Gasteiger partial charge in [0.15, 0.2) is 11.6 Å². The molecule has 1 saturated carbocycles. The van der Waals surface area contributed by atoms with Crippen LogP contribution in [-0.4, -0.2) is 59.9 Å². The smallest absolute Gasteiger partial charge is 0.377 e. The van der Waals surface area contributed by atoms with Crippen molar-refractivity contribution in [3.63, 3.8) is 0 Å². The first-order chi connectivity index (χ1) is 13.7. The van der Waals surface area contributed by atoms with Crippen LogP contribution in [0.25, 0.3) is 0 Å². The summed E-state index contributed by atoms with van der Waals surface area (Å²) in [5.41, 5.74) is -1.02. The van der Waals surface area contributed by atoms with Crippen LogP contribution in [0, 0.1) is 11.7 Å². The first-order valence-electron chi connectivity index (χ1n) is 9.69. The van der Waals surface area contributed by atoms with E-state index >= 15 is 0 Å². The Labute approximate surface area is 164 Å². The Morgan fingerprint density at radius 1 is 1.24 bits per heavy atom. The van der Waals surface area contributed by atoms with Gasteiger partial charge in [-0.2, -0.15) is 22.5 Å². The Bertz CT molecular complexity index is 868. The highest BCUT2D eigenvalue weighted by Crippen LogP contribution is 2.37. The zero-order valence-electron chi connectivity index (χ0n) is 15.9. The van der Waals surface area contributed by atoms with Crippen molar-refractivity contribution >= 4 is 17.5 Å². The number of morpholine rings is 1. The van der Waals surface area contributed by atoms with Crippen LogP contribution >= 0.6 is 0 Å². The molecule has 0 N–H and O–H groups in total. The summed E-state index contributed by atoms with van der Waals surface area (Å²) in [6, 6.07) is -2.24. The number of aromatic nitrogens is 2. The number of halogens is 4. The number of alkyl halides is 3. The molecule has 0 amide bonds. The maximum absolute atomic E-state index is 14.8. The molecule has 0 spiro atoms. The lowest BCUT2D eigenvalue weighted by atomic mass is 10.1. The van der Waals surface area contributed by atoms with Gasteiger partial charge in [-0.05, 0) is 26.2 Å². The fourth-order valence-electron chi connectivity index (χ4n) is 3.93. The monoisotopic (exact) mass is 418 g/mol. The molecular formula is C18H22F4N4O3. The minimum atomic E-state index is -4.60. The van der Waals surface area contributed by atoms with E-state index < -0.39 is 36.6 Å². The Morgan fingerprint density at radius 3 is 2.59 bits per heavy atom. The van der Waals surface area contributed by atoms with E-state index in [-0.39, 0.29) is 49.2 Å². The number of ether oxygens (including phenoxy) is 1. The molecular weight excluding hydrogens is 396 g/mol. The summed E-state index contributed by atoms with van der Waals surface area (Å²) in [7, 11) is 0. The molecule has 4 rings (SSSR count). The molecule has 2 fully saturated rings. The highest BCUT2D eigenvalue weighted by molar-refractivity contribution is 5.87. The van der Waals surface area contributed by atoms with E-state index in [4.69, 9.17) is 4.74 Å². The second-order valence-corrected chi connectivity index (χ2v) is 7.84. The minimum absolute atomic E-state index is 0.245. The van der Waals surface area contributed by atoms with E-state index in [0.717, 1.165) is 9.47 Å². The summed E-state index contributed by atoms with van der Waals surface area (Å²) in [5.74, 6) is -2.24. The van der Waals surface area contributed by atoms with E-state index in [1.165, 1.54) is 4.90 Å². The molecule has 29 heavy (non-hydrogen) atoms. The predicted molar refractivity (Wildman–Crippen MR) is 95.6 cm³/mol. The Balaban J connectivity index is 1.79. The zero-order chi connectivity index (χ0) is 20.9. The van der Waals surface area contributed by atoms with Crippen LogP contribution in [0.2, 0.25) is 0 Å². The maximum atomic E-state index is 14.8. The van der Waals surface area contributed by atoms with Gasteiger partial charge >= 0.3 is 6.18 Å². The molecule has 1 aliphatic carbocycles. The maximum Gasteiger partial charge on any atom is 0.408 e. The number of Topliss-reactive ketones (excluding diaryl/α,β-unsaturated/α-hetero) is 1. The average molecular weight is 418 g/mol. The summed E-state index contributed by atoms with van der Waals surface area (Å²) in [5, 5.41) is 0. The normalized spacial score (nSPS) is 25.1. The van der Waals surface area contributed by atoms with Crippen LogP contribution in [0.5, 0.6) is 0 Å². The summed E-state index contributed by atoms with van der Waals surface area (Å²) >= 11 is 0. The highest BCUT2D eigenvalue weighted by Gasteiger charge is 2.48. The first-order valence-corrected chi connectivity index (χ1v) is 9.69. The Hall–Kier alpha value is -2.17. The number of ketones is 1. The van der Waals surface area contributed by atoms with E-state index in [0.29, 0.717) is 19.4 Å². The first kappa shape index (κ1) is 20.1. The number of carbonyl (C=O) groups excluding carboxylic acids is 1. The molecule has 3 aliphatic rings. The molecule has 7 nitrogen and oxygen atoms in total. The van der Waals surface area contributed by atoms with Crippen LogP contribution in [0.4, 0.5) is 29.3 Å². The number of hydrogen-bond acceptors (Lipinski definition) is 6. The number of carbonyl (C=O) groups is 1. The van der Waals surface area contributed by atoms with Crippen LogP contribution in [0.3, 0.4) is 0 Å². The molecule has 1 saturated heterocycles. The van der Waals surface area contributed by atoms with Crippen molar-refractivity contribution < 1.29 is 27.1 Å². The van der Waals surface area contributed by atoms with Crippen molar-refractivity contribution in [2.24, 2.45) is 5.92 Å². The molecule has 1 aromatic heterocycles. The third-order valence-corrected chi connectivity index (χ3v) is 5.71. The molecule has 0 radical (unpaired) electrons. The lowest BCUT2D eigenvalue weighted by molar-refractivity contribution is -0.153. The molecule has 11 heteroatoms. The number of hydrogen-bond donors (Lipinski definition) is 0. The van der Waals surface area contributed by atoms with Gasteiger partial charge in [0.1, 0.15) is 6.04 Å². The number of fused-ring (bicyclic) bond motifs is 1. The fraction of sp³-hybridized carbons (Fsp3) is 0.722. The molecule has 160 valence electrons. The van der Waals surface area contributed by atoms with Gasteiger partial charge in [0.25, 0.3) is 5.56 Å². The minimum Gasteiger partial charge on any atom is -0.377 e. The topological polar surface area (TPSA) is 67.7 Å². The van der Waals surface area contributed by atoms with Crippen molar-refractivity contribution in [3.05, 3.63) is 16.2 Å². The van der Waals surface area contributed by atoms with Gasteiger partial charge in [-0.25, -0.2) is 0 Å². The Kier molecular flexibility index (Phi) is 5.04. The van der Waals surface area contributed by atoms with Crippen LogP contribution < -0.4 is 15.4 Å². The van der Waals surface area contributed by atoms with Gasteiger partial charge in [0.05, 0.1) is 25.8 Å².